The molecular weight excluding hydrogens is 727 g/mol. The Morgan fingerprint density at radius 1 is 0.846 bits per heavy atom. The van der Waals surface area contributed by atoms with Gasteiger partial charge in [-0.05, 0) is 47.4 Å². The van der Waals surface area contributed by atoms with Crippen LogP contribution < -0.4 is 10.2 Å². The zero-order valence-electron chi connectivity index (χ0n) is 27.3. The first-order chi connectivity index (χ1) is 23.8. The van der Waals surface area contributed by atoms with Gasteiger partial charge in [0, 0.05) is 18.8 Å². The van der Waals surface area contributed by atoms with Gasteiger partial charge in [-0.25, -0.2) is 14.3 Å². The van der Waals surface area contributed by atoms with Gasteiger partial charge in [-0.15, -0.1) is 5.10 Å². The van der Waals surface area contributed by atoms with Gasteiger partial charge in [0.1, 0.15) is 5.82 Å². The summed E-state index contributed by atoms with van der Waals surface area (Å²) < 4.78 is 96.0. The molecule has 13 nitrogen and oxygen atoms in total. The van der Waals surface area contributed by atoms with E-state index in [-0.39, 0.29) is 24.3 Å². The molecule has 3 aromatic heterocycles. The van der Waals surface area contributed by atoms with Crippen LogP contribution in [0.15, 0.2) is 67.0 Å². The van der Waals surface area contributed by atoms with Crippen molar-refractivity contribution >= 4 is 42.1 Å². The van der Waals surface area contributed by atoms with E-state index in [1.165, 1.54) is 5.56 Å². The van der Waals surface area contributed by atoms with Crippen LogP contribution in [0.1, 0.15) is 42.4 Å². The first-order valence-electron chi connectivity index (χ1n) is 13.8. The SMILES string of the molecule is CN(Cc1ccccn1)c1ccc2nc(NC(=O)c3ccc(C(C)(C)C)cc3)cn2n1.FC(F)(F)C(F)(F)F.O=C(O)C(F)(F)F.O=CO.O=CO. The molecule has 0 unspecified atom stereocenters. The number of nitrogens with one attached hydrogen (secondary N) is 1. The van der Waals surface area contributed by atoms with Gasteiger partial charge in [0.2, 0.25) is 0 Å². The molecule has 1 aromatic carbocycles. The van der Waals surface area contributed by atoms with Crippen molar-refractivity contribution in [1.29, 1.82) is 0 Å². The number of hydrogen-bond donors (Lipinski definition) is 4. The van der Waals surface area contributed by atoms with Crippen LogP contribution >= 0.6 is 0 Å². The Morgan fingerprint density at radius 3 is 1.75 bits per heavy atom. The van der Waals surface area contributed by atoms with Crippen molar-refractivity contribution in [3.8, 4) is 0 Å². The number of carboxylic acid groups (broad SMARTS) is 3. The number of rotatable bonds is 5. The average Bonchev–Trinajstić information content (AvgIpc) is 3.43. The summed E-state index contributed by atoms with van der Waals surface area (Å²) in [6.45, 7) is 6.58. The molecule has 0 fully saturated rings. The minimum atomic E-state index is -6.06. The van der Waals surface area contributed by atoms with Crippen LogP contribution in [0.2, 0.25) is 0 Å². The maximum absolute atomic E-state index is 12.6. The van der Waals surface area contributed by atoms with E-state index in [0.717, 1.165) is 11.5 Å². The van der Waals surface area contributed by atoms with Crippen LogP contribution in [-0.4, -0.2) is 85.3 Å². The molecular formula is C30H31F9N6O7. The summed E-state index contributed by atoms with van der Waals surface area (Å²) in [4.78, 5) is 49.1. The van der Waals surface area contributed by atoms with Crippen LogP contribution in [0.3, 0.4) is 0 Å². The molecule has 52 heavy (non-hydrogen) atoms. The summed E-state index contributed by atoms with van der Waals surface area (Å²) in [6.07, 6.45) is -13.7. The Kier molecular flexibility index (Phi) is 17.7. The third kappa shape index (κ3) is 16.6. The highest BCUT2D eigenvalue weighted by Gasteiger charge is 2.58. The molecule has 3 heterocycles. The fourth-order valence-electron chi connectivity index (χ4n) is 3.26. The molecule has 4 aromatic rings. The number of imidazole rings is 1. The van der Waals surface area contributed by atoms with Crippen molar-refractivity contribution in [1.82, 2.24) is 19.6 Å². The van der Waals surface area contributed by atoms with Crippen molar-refractivity contribution in [3.05, 3.63) is 83.8 Å². The van der Waals surface area contributed by atoms with Crippen molar-refractivity contribution in [2.24, 2.45) is 0 Å². The fourth-order valence-corrected chi connectivity index (χ4v) is 3.26. The summed E-state index contributed by atoms with van der Waals surface area (Å²) in [5, 5.41) is 28.4. The van der Waals surface area contributed by atoms with Crippen LogP contribution in [0, 0.1) is 0 Å². The monoisotopic (exact) mass is 758 g/mol. The quantitative estimate of drug-likeness (QED) is 0.129. The van der Waals surface area contributed by atoms with Crippen LogP contribution in [0.4, 0.5) is 51.1 Å². The lowest BCUT2D eigenvalue weighted by Gasteiger charge is -2.18. The fraction of sp³-hybridized carbons (Fsp3) is 0.300. The van der Waals surface area contributed by atoms with Gasteiger partial charge >= 0.3 is 24.5 Å². The Labute approximate surface area is 288 Å². The van der Waals surface area contributed by atoms with Crippen molar-refractivity contribution in [2.75, 3.05) is 17.3 Å². The second-order valence-corrected chi connectivity index (χ2v) is 10.6. The molecule has 4 N–H and O–H groups in total. The van der Waals surface area contributed by atoms with Gasteiger partial charge in [-0.1, -0.05) is 39.0 Å². The molecule has 0 atom stereocenters. The van der Waals surface area contributed by atoms with Gasteiger partial charge < -0.3 is 25.5 Å². The van der Waals surface area contributed by atoms with Crippen LogP contribution in [0.5, 0.6) is 0 Å². The summed E-state index contributed by atoms with van der Waals surface area (Å²) in [6, 6.07) is 17.3. The van der Waals surface area contributed by atoms with Crippen molar-refractivity contribution in [2.45, 2.75) is 51.3 Å². The first-order valence-corrected chi connectivity index (χ1v) is 13.8. The van der Waals surface area contributed by atoms with E-state index < -0.39 is 24.5 Å². The minimum Gasteiger partial charge on any atom is -0.483 e. The number of aromatic nitrogens is 4. The Bertz CT molecular complexity index is 1690. The highest BCUT2D eigenvalue weighted by atomic mass is 19.5. The molecule has 0 aliphatic carbocycles. The number of carboxylic acids is 1. The van der Waals surface area contributed by atoms with E-state index >= 15 is 0 Å². The molecule has 0 spiro atoms. The number of aliphatic carboxylic acids is 1. The molecule has 0 radical (unpaired) electrons. The van der Waals surface area contributed by atoms with E-state index in [4.69, 9.17) is 29.7 Å². The van der Waals surface area contributed by atoms with E-state index in [1.807, 2.05) is 66.5 Å². The molecule has 0 saturated heterocycles. The lowest BCUT2D eigenvalue weighted by atomic mass is 9.87. The molecule has 0 saturated carbocycles. The zero-order valence-corrected chi connectivity index (χ0v) is 27.3. The number of amides is 1. The molecule has 0 aliphatic heterocycles. The molecule has 0 aliphatic rings. The van der Waals surface area contributed by atoms with Crippen LogP contribution in [-0.2, 0) is 26.3 Å². The maximum Gasteiger partial charge on any atom is 0.490 e. The second-order valence-electron chi connectivity index (χ2n) is 10.6. The maximum atomic E-state index is 12.6. The first kappa shape index (κ1) is 46.0. The number of benzene rings is 1. The summed E-state index contributed by atoms with van der Waals surface area (Å²) in [5.74, 6) is -1.71. The van der Waals surface area contributed by atoms with Gasteiger partial charge in [-0.3, -0.25) is 19.4 Å². The third-order valence-corrected chi connectivity index (χ3v) is 5.64. The van der Waals surface area contributed by atoms with Gasteiger partial charge in [0.05, 0.1) is 18.4 Å². The number of fused-ring (bicyclic) bond motifs is 1. The molecule has 22 heteroatoms. The lowest BCUT2D eigenvalue weighted by Crippen LogP contribution is -2.30. The van der Waals surface area contributed by atoms with E-state index in [9.17, 15) is 44.3 Å². The second kappa shape index (κ2) is 20.0. The third-order valence-electron chi connectivity index (χ3n) is 5.64. The van der Waals surface area contributed by atoms with Crippen molar-refractivity contribution in [3.63, 3.8) is 0 Å². The predicted octanol–water partition coefficient (Wildman–Crippen LogP) is 6.46. The summed E-state index contributed by atoms with van der Waals surface area (Å²) in [5.41, 5.74) is 3.44. The standard InChI is InChI=1S/C24H26N6O.C2F6.C2HF3O2.2CH2O2/c1-24(2,3)18-10-8-17(9-11-18)23(31)27-20-16-30-21(26-20)12-13-22(28-30)29(4)15-19-7-5-6-14-25-19;3-1(4,5)2(6,7)8;3-2(4,5)1(6)7;2*2-1-3/h5-14,16H,15H2,1-4H3,(H,27,31);;(H,6,7);2*1H,(H,2,3). The van der Waals surface area contributed by atoms with E-state index in [0.29, 0.717) is 23.6 Å². The zero-order chi connectivity index (χ0) is 40.5. The number of nitrogens with zero attached hydrogens (tertiary/aromatic N) is 5. The minimum absolute atomic E-state index is 0.0454. The summed E-state index contributed by atoms with van der Waals surface area (Å²) in [7, 11) is 1.96. The number of pyridine rings is 1. The average molecular weight is 759 g/mol. The van der Waals surface area contributed by atoms with Gasteiger partial charge in [0.25, 0.3) is 18.9 Å². The normalized spacial score (nSPS) is 11.0. The highest BCUT2D eigenvalue weighted by Crippen LogP contribution is 2.36. The Balaban J connectivity index is 0.00000102. The van der Waals surface area contributed by atoms with Crippen LogP contribution in [0.25, 0.3) is 5.65 Å². The molecule has 286 valence electrons. The molecule has 4 rings (SSSR count). The largest absolute Gasteiger partial charge is 0.490 e. The molecule has 0 bridgehead atoms. The highest BCUT2D eigenvalue weighted by molar-refractivity contribution is 6.03. The number of halogens is 9. The van der Waals surface area contributed by atoms with Gasteiger partial charge in [-0.2, -0.15) is 39.5 Å². The number of anilines is 2. The van der Waals surface area contributed by atoms with Gasteiger partial charge in [0.15, 0.2) is 11.5 Å². The van der Waals surface area contributed by atoms with Crippen molar-refractivity contribution < 1.29 is 74.0 Å². The Morgan fingerprint density at radius 2 is 1.35 bits per heavy atom. The smallest absolute Gasteiger partial charge is 0.483 e. The number of alkyl halides is 9. The predicted molar refractivity (Wildman–Crippen MR) is 166 cm³/mol. The van der Waals surface area contributed by atoms with E-state index in [2.05, 4.69) is 41.2 Å². The Hall–Kier alpha value is -5.96. The number of hydrogen-bond acceptors (Lipinski definition) is 8. The lowest BCUT2D eigenvalue weighted by molar-refractivity contribution is -0.339. The summed E-state index contributed by atoms with van der Waals surface area (Å²) >= 11 is 0. The topological polar surface area (TPSA) is 187 Å². The number of carbonyl (C=O) groups excluding carboxylic acids is 1. The number of carbonyl (C=O) groups is 4. The van der Waals surface area contributed by atoms with E-state index in [1.54, 1.807) is 16.9 Å². The molecule has 1 amide bonds.